The van der Waals surface area contributed by atoms with Gasteiger partial charge in [0.2, 0.25) is 5.78 Å². The maximum atomic E-state index is 12.9. The van der Waals surface area contributed by atoms with Crippen LogP contribution in [0.5, 0.6) is 0 Å². The van der Waals surface area contributed by atoms with Crippen LogP contribution in [0.3, 0.4) is 0 Å². The van der Waals surface area contributed by atoms with Gasteiger partial charge in [-0.05, 0) is 57.0 Å². The van der Waals surface area contributed by atoms with Crippen molar-refractivity contribution in [3.8, 4) is 6.07 Å². The van der Waals surface area contributed by atoms with E-state index >= 15 is 0 Å². The fraction of sp³-hybridized carbons (Fsp3) is 0.296. The Bertz CT molecular complexity index is 1250. The Kier molecular flexibility index (Phi) is 7.51. The van der Waals surface area contributed by atoms with Gasteiger partial charge in [0.05, 0.1) is 17.2 Å². The van der Waals surface area contributed by atoms with E-state index in [2.05, 4.69) is 10.6 Å². The molecule has 1 atom stereocenters. The Morgan fingerprint density at radius 2 is 1.85 bits per heavy atom. The predicted molar refractivity (Wildman–Crippen MR) is 129 cm³/mol. The van der Waals surface area contributed by atoms with Crippen molar-refractivity contribution >= 4 is 23.5 Å². The van der Waals surface area contributed by atoms with Crippen LogP contribution in [0.4, 0.5) is 0 Å². The summed E-state index contributed by atoms with van der Waals surface area (Å²) >= 11 is 1.32. The third-order valence-electron chi connectivity index (χ3n) is 5.95. The minimum absolute atomic E-state index is 0.172. The molecule has 0 spiro atoms. The van der Waals surface area contributed by atoms with E-state index in [0.29, 0.717) is 21.6 Å². The normalized spacial score (nSPS) is 15.1. The van der Waals surface area contributed by atoms with Gasteiger partial charge in [0.25, 0.3) is 0 Å². The molecule has 34 heavy (non-hydrogen) atoms. The number of nitriles is 1. The van der Waals surface area contributed by atoms with E-state index in [-0.39, 0.29) is 18.5 Å². The van der Waals surface area contributed by atoms with Crippen molar-refractivity contribution in [3.05, 3.63) is 82.7 Å². The quantitative estimate of drug-likeness (QED) is 0.324. The number of ketones is 1. The number of nitrogens with zero attached hydrogens (tertiary/aromatic N) is 2. The van der Waals surface area contributed by atoms with Crippen molar-refractivity contribution in [3.63, 3.8) is 0 Å². The molecule has 2 aromatic carbocycles. The molecule has 1 aliphatic rings. The van der Waals surface area contributed by atoms with Crippen LogP contribution in [0.25, 0.3) is 0 Å². The monoisotopic (exact) mass is 474 g/mol. The number of rotatable bonds is 8. The van der Waals surface area contributed by atoms with Gasteiger partial charge in [-0.15, -0.1) is 0 Å². The molecule has 0 N–H and O–H groups in total. The van der Waals surface area contributed by atoms with Crippen LogP contribution in [0.2, 0.25) is 0 Å². The summed E-state index contributed by atoms with van der Waals surface area (Å²) in [4.78, 5) is 27.2. The third-order valence-corrected chi connectivity index (χ3v) is 7.10. The van der Waals surface area contributed by atoms with Gasteiger partial charge in [-0.2, -0.15) is 5.26 Å². The first-order valence-corrected chi connectivity index (χ1v) is 12.0. The highest BCUT2D eigenvalue weighted by molar-refractivity contribution is 7.99. The summed E-state index contributed by atoms with van der Waals surface area (Å²) in [6.45, 7) is 5.05. The highest BCUT2D eigenvalue weighted by Crippen LogP contribution is 2.33. The second-order valence-electron chi connectivity index (χ2n) is 8.24. The molecule has 0 aliphatic carbocycles. The minimum atomic E-state index is -0.570. The molecule has 174 valence electrons. The van der Waals surface area contributed by atoms with Crippen LogP contribution in [-0.4, -0.2) is 35.6 Å². The van der Waals surface area contributed by atoms with Crippen molar-refractivity contribution in [1.29, 1.82) is 5.26 Å². The van der Waals surface area contributed by atoms with Gasteiger partial charge < -0.3 is 14.0 Å². The predicted octanol–water partition coefficient (Wildman–Crippen LogP) is 5.35. The van der Waals surface area contributed by atoms with E-state index in [9.17, 15) is 14.9 Å². The maximum absolute atomic E-state index is 12.9. The van der Waals surface area contributed by atoms with Gasteiger partial charge >= 0.3 is 5.97 Å². The summed E-state index contributed by atoms with van der Waals surface area (Å²) in [7, 11) is 0. The summed E-state index contributed by atoms with van der Waals surface area (Å²) in [6, 6.07) is 18.3. The minimum Gasteiger partial charge on any atom is -0.454 e. The fourth-order valence-electron chi connectivity index (χ4n) is 4.13. The Labute approximate surface area is 203 Å². The van der Waals surface area contributed by atoms with Gasteiger partial charge in [-0.25, -0.2) is 4.79 Å². The number of hydrogen-bond acceptors (Lipinski definition) is 6. The number of carbonyl (C=O) groups is 2. The van der Waals surface area contributed by atoms with Crippen LogP contribution in [0.1, 0.15) is 50.5 Å². The zero-order valence-electron chi connectivity index (χ0n) is 19.2. The lowest BCUT2D eigenvalue weighted by atomic mass is 10.1. The SMILES string of the molecule is Cc1cc(C(=O)COC(=O)c2ccccc2Sc2ccccc2C#N)c(C)n1CC1CCCO1. The molecule has 1 aromatic heterocycles. The molecule has 0 bridgehead atoms. The topological polar surface area (TPSA) is 81.3 Å². The van der Waals surface area contributed by atoms with Crippen molar-refractivity contribution in [1.82, 2.24) is 4.57 Å². The second kappa shape index (κ2) is 10.7. The zero-order chi connectivity index (χ0) is 24.1. The molecule has 3 aromatic rings. The number of aromatic nitrogens is 1. The van der Waals surface area contributed by atoms with Crippen molar-refractivity contribution in [2.75, 3.05) is 13.2 Å². The van der Waals surface area contributed by atoms with Gasteiger partial charge in [0.1, 0.15) is 6.07 Å². The van der Waals surface area contributed by atoms with E-state index in [1.165, 1.54) is 11.8 Å². The third kappa shape index (κ3) is 5.24. The highest BCUT2D eigenvalue weighted by atomic mass is 32.2. The highest BCUT2D eigenvalue weighted by Gasteiger charge is 2.22. The van der Waals surface area contributed by atoms with E-state index in [1.54, 1.807) is 30.3 Å². The van der Waals surface area contributed by atoms with Gasteiger partial charge in [0, 0.05) is 39.9 Å². The van der Waals surface area contributed by atoms with E-state index in [4.69, 9.17) is 9.47 Å². The standard InChI is InChI=1S/C27H26N2O4S/c1-18-14-23(19(2)29(18)16-21-9-7-13-32-21)24(30)17-33-27(31)22-10-4-6-12-26(22)34-25-11-5-3-8-20(25)15-28/h3-6,8,10-12,14,21H,7,9,13,16-17H2,1-2H3. The van der Waals surface area contributed by atoms with Crippen LogP contribution in [0, 0.1) is 25.2 Å². The molecular weight excluding hydrogens is 448 g/mol. The van der Waals surface area contributed by atoms with Crippen LogP contribution in [0.15, 0.2) is 64.4 Å². The number of carbonyl (C=O) groups excluding carboxylic acids is 2. The Morgan fingerprint density at radius 3 is 2.59 bits per heavy atom. The first-order chi connectivity index (χ1) is 16.5. The van der Waals surface area contributed by atoms with Crippen molar-refractivity contribution in [2.24, 2.45) is 0 Å². The molecule has 7 heteroatoms. The molecule has 6 nitrogen and oxygen atoms in total. The van der Waals surface area contributed by atoms with E-state index < -0.39 is 5.97 Å². The summed E-state index contributed by atoms with van der Waals surface area (Å²) in [5.74, 6) is -0.806. The van der Waals surface area contributed by atoms with Crippen LogP contribution >= 0.6 is 11.8 Å². The summed E-state index contributed by atoms with van der Waals surface area (Å²) in [5, 5.41) is 9.35. The van der Waals surface area contributed by atoms with Crippen molar-refractivity contribution in [2.45, 2.75) is 49.1 Å². The molecule has 0 radical (unpaired) electrons. The van der Waals surface area contributed by atoms with Crippen LogP contribution < -0.4 is 0 Å². The van der Waals surface area contributed by atoms with Gasteiger partial charge in [-0.3, -0.25) is 4.79 Å². The molecule has 1 aliphatic heterocycles. The number of hydrogen-bond donors (Lipinski definition) is 0. The lowest BCUT2D eigenvalue weighted by Gasteiger charge is -2.14. The van der Waals surface area contributed by atoms with Crippen LogP contribution in [-0.2, 0) is 16.0 Å². The Morgan fingerprint density at radius 1 is 1.12 bits per heavy atom. The fourth-order valence-corrected chi connectivity index (χ4v) is 5.15. The maximum Gasteiger partial charge on any atom is 0.339 e. The Hall–Kier alpha value is -3.34. The average molecular weight is 475 g/mol. The van der Waals surface area contributed by atoms with Gasteiger partial charge in [0.15, 0.2) is 6.61 Å². The molecule has 0 saturated carbocycles. The number of benzene rings is 2. The first kappa shape index (κ1) is 23.8. The summed E-state index contributed by atoms with van der Waals surface area (Å²) < 4.78 is 13.3. The number of ether oxygens (including phenoxy) is 2. The summed E-state index contributed by atoms with van der Waals surface area (Å²) in [6.07, 6.45) is 2.26. The lowest BCUT2D eigenvalue weighted by Crippen LogP contribution is -2.18. The lowest BCUT2D eigenvalue weighted by molar-refractivity contribution is 0.0471. The van der Waals surface area contributed by atoms with E-state index in [1.807, 2.05) is 38.1 Å². The molecule has 0 amide bonds. The number of aryl methyl sites for hydroxylation is 1. The molecule has 2 heterocycles. The number of esters is 1. The van der Waals surface area contributed by atoms with Crippen molar-refractivity contribution < 1.29 is 19.1 Å². The molecule has 1 unspecified atom stereocenters. The first-order valence-electron chi connectivity index (χ1n) is 11.2. The smallest absolute Gasteiger partial charge is 0.339 e. The Balaban J connectivity index is 1.44. The van der Waals surface area contributed by atoms with Gasteiger partial charge in [-0.1, -0.05) is 36.0 Å². The second-order valence-corrected chi connectivity index (χ2v) is 9.32. The molecule has 4 rings (SSSR count). The van der Waals surface area contributed by atoms with E-state index in [0.717, 1.165) is 42.3 Å². The zero-order valence-corrected chi connectivity index (χ0v) is 20.1. The number of Topliss-reactive ketones (excluding diaryl/α,β-unsaturated/α-hetero) is 1. The summed E-state index contributed by atoms with van der Waals surface area (Å²) in [5.41, 5.74) is 3.30. The average Bonchev–Trinajstić information content (AvgIpc) is 3.47. The largest absolute Gasteiger partial charge is 0.454 e. The molecule has 1 saturated heterocycles. The molecular formula is C27H26N2O4S. The molecule has 1 fully saturated rings.